The Balaban J connectivity index is 2.03. The average molecular weight is 378 g/mol. The predicted molar refractivity (Wildman–Crippen MR) is 99.7 cm³/mol. The van der Waals surface area contributed by atoms with Gasteiger partial charge in [-0.05, 0) is 31.2 Å². The fraction of sp³-hybridized carbons (Fsp3) is 0.235. The van der Waals surface area contributed by atoms with Gasteiger partial charge in [-0.15, -0.1) is 4.40 Å². The second-order valence-electron chi connectivity index (χ2n) is 5.50. The Kier molecular flexibility index (Phi) is 5.03. The van der Waals surface area contributed by atoms with Crippen LogP contribution in [0.3, 0.4) is 0 Å². The lowest BCUT2D eigenvalue weighted by Crippen LogP contribution is -2.34. The smallest absolute Gasteiger partial charge is 0.284 e. The number of nitrogens with zero attached hydrogens (tertiary/aromatic N) is 2. The molecule has 1 aliphatic heterocycles. The molecule has 1 aliphatic rings. The van der Waals surface area contributed by atoms with Gasteiger partial charge >= 0.3 is 0 Å². The van der Waals surface area contributed by atoms with Gasteiger partial charge in [0, 0.05) is 5.75 Å². The van der Waals surface area contributed by atoms with Gasteiger partial charge in [0.05, 0.1) is 17.7 Å². The van der Waals surface area contributed by atoms with E-state index in [1.54, 1.807) is 36.4 Å². The lowest BCUT2D eigenvalue weighted by Gasteiger charge is -2.23. The van der Waals surface area contributed by atoms with E-state index in [1.807, 2.05) is 6.92 Å². The van der Waals surface area contributed by atoms with Gasteiger partial charge in [-0.3, -0.25) is 4.90 Å². The first kappa shape index (κ1) is 17.8. The van der Waals surface area contributed by atoms with Crippen LogP contribution in [-0.2, 0) is 10.0 Å². The SMILES string of the molecule is COc1ccccc1N1/C(=N/S(=O)(=O)c2ccc(C)cc2)SCC1O. The largest absolute Gasteiger partial charge is 0.495 e. The van der Waals surface area contributed by atoms with Crippen molar-refractivity contribution in [3.05, 3.63) is 54.1 Å². The Morgan fingerprint density at radius 3 is 2.56 bits per heavy atom. The zero-order chi connectivity index (χ0) is 18.0. The summed E-state index contributed by atoms with van der Waals surface area (Å²) in [5, 5.41) is 10.5. The Bertz CT molecular complexity index is 895. The molecule has 0 radical (unpaired) electrons. The monoisotopic (exact) mass is 378 g/mol. The van der Waals surface area contributed by atoms with Gasteiger partial charge in [0.15, 0.2) is 5.17 Å². The van der Waals surface area contributed by atoms with E-state index >= 15 is 0 Å². The molecule has 0 bridgehead atoms. The van der Waals surface area contributed by atoms with Gasteiger partial charge in [0.2, 0.25) is 0 Å². The molecule has 0 aliphatic carbocycles. The van der Waals surface area contributed by atoms with Crippen LogP contribution in [-0.4, -0.2) is 37.8 Å². The van der Waals surface area contributed by atoms with Gasteiger partial charge in [0.25, 0.3) is 10.0 Å². The molecule has 1 atom stereocenters. The van der Waals surface area contributed by atoms with Crippen LogP contribution < -0.4 is 9.64 Å². The fourth-order valence-corrected chi connectivity index (χ4v) is 4.64. The minimum atomic E-state index is -3.87. The number of rotatable bonds is 4. The van der Waals surface area contributed by atoms with Crippen LogP contribution in [0, 0.1) is 6.92 Å². The van der Waals surface area contributed by atoms with Crippen molar-refractivity contribution in [1.82, 2.24) is 0 Å². The van der Waals surface area contributed by atoms with E-state index in [4.69, 9.17) is 4.74 Å². The predicted octanol–water partition coefficient (Wildman–Crippen LogP) is 2.62. The molecule has 132 valence electrons. The van der Waals surface area contributed by atoms with Gasteiger partial charge in [-0.2, -0.15) is 8.42 Å². The summed E-state index contributed by atoms with van der Waals surface area (Å²) in [7, 11) is -2.35. The summed E-state index contributed by atoms with van der Waals surface area (Å²) in [5.74, 6) is 0.852. The number of thioether (sulfide) groups is 1. The number of methoxy groups -OCH3 is 1. The first-order chi connectivity index (χ1) is 11.9. The maximum atomic E-state index is 12.6. The van der Waals surface area contributed by atoms with E-state index < -0.39 is 16.3 Å². The summed E-state index contributed by atoms with van der Waals surface area (Å²) >= 11 is 1.19. The molecule has 3 rings (SSSR count). The van der Waals surface area contributed by atoms with E-state index in [9.17, 15) is 13.5 Å². The number of aliphatic hydroxyl groups is 1. The Morgan fingerprint density at radius 1 is 1.20 bits per heavy atom. The Hall–Kier alpha value is -2.03. The lowest BCUT2D eigenvalue weighted by atomic mass is 10.2. The second-order valence-corrected chi connectivity index (χ2v) is 8.09. The zero-order valence-electron chi connectivity index (χ0n) is 13.8. The number of benzene rings is 2. The van der Waals surface area contributed by atoms with Gasteiger partial charge in [0.1, 0.15) is 12.0 Å². The molecule has 6 nitrogen and oxygen atoms in total. The Labute approximate surface area is 151 Å². The molecule has 0 saturated carbocycles. The molecule has 1 N–H and O–H groups in total. The van der Waals surface area contributed by atoms with Crippen molar-refractivity contribution in [2.24, 2.45) is 4.40 Å². The lowest BCUT2D eigenvalue weighted by molar-refractivity contribution is 0.212. The topological polar surface area (TPSA) is 79.2 Å². The first-order valence-corrected chi connectivity index (χ1v) is 10.00. The fourth-order valence-electron chi connectivity index (χ4n) is 2.45. The number of aryl methyl sites for hydroxylation is 1. The first-order valence-electron chi connectivity index (χ1n) is 7.57. The molecule has 1 fully saturated rings. The van der Waals surface area contributed by atoms with Gasteiger partial charge in [-0.1, -0.05) is 41.6 Å². The number of hydrogen-bond acceptors (Lipinski definition) is 5. The summed E-state index contributed by atoms with van der Waals surface area (Å²) in [6.07, 6.45) is -0.881. The van der Waals surface area contributed by atoms with Crippen molar-refractivity contribution in [3.8, 4) is 5.75 Å². The second kappa shape index (κ2) is 7.07. The molecule has 8 heteroatoms. The molecule has 0 aromatic heterocycles. The van der Waals surface area contributed by atoms with E-state index in [-0.39, 0.29) is 10.1 Å². The molecular formula is C17H18N2O4S2. The zero-order valence-corrected chi connectivity index (χ0v) is 15.4. The molecule has 1 unspecified atom stereocenters. The number of para-hydroxylation sites is 2. The van der Waals surface area contributed by atoms with E-state index in [0.717, 1.165) is 5.56 Å². The molecule has 25 heavy (non-hydrogen) atoms. The maximum absolute atomic E-state index is 12.6. The van der Waals surface area contributed by atoms with E-state index in [1.165, 1.54) is 35.9 Å². The summed E-state index contributed by atoms with van der Waals surface area (Å²) in [4.78, 5) is 1.60. The van der Waals surface area contributed by atoms with Gasteiger partial charge < -0.3 is 9.84 Å². The van der Waals surface area contributed by atoms with Crippen molar-refractivity contribution in [2.45, 2.75) is 18.0 Å². The number of hydrogen-bond donors (Lipinski definition) is 1. The van der Waals surface area contributed by atoms with E-state index in [2.05, 4.69) is 4.40 Å². The number of aliphatic hydroxyl groups excluding tert-OH is 1. The average Bonchev–Trinajstić information content (AvgIpc) is 2.94. The highest BCUT2D eigenvalue weighted by molar-refractivity contribution is 8.15. The highest BCUT2D eigenvalue weighted by atomic mass is 32.2. The van der Waals surface area contributed by atoms with Crippen LogP contribution in [0.4, 0.5) is 5.69 Å². The standard InChI is InChI=1S/C17H18N2O4S2/c1-12-7-9-13(10-8-12)25(21,22)18-17-19(16(20)11-24-17)14-5-3-4-6-15(14)23-2/h3-10,16,20H,11H2,1-2H3/b18-17-. The number of amidine groups is 1. The van der Waals surface area contributed by atoms with Crippen molar-refractivity contribution in [2.75, 3.05) is 17.8 Å². The summed E-state index contributed by atoms with van der Waals surface area (Å²) in [6, 6.07) is 13.6. The third-order valence-corrected chi connectivity index (χ3v) is 6.14. The molecule has 2 aromatic carbocycles. The van der Waals surface area contributed by atoms with Crippen molar-refractivity contribution in [1.29, 1.82) is 0 Å². The van der Waals surface area contributed by atoms with Crippen LogP contribution in [0.5, 0.6) is 5.75 Å². The van der Waals surface area contributed by atoms with Crippen molar-refractivity contribution >= 4 is 32.6 Å². The van der Waals surface area contributed by atoms with Crippen LogP contribution in [0.1, 0.15) is 5.56 Å². The van der Waals surface area contributed by atoms with Crippen LogP contribution in [0.25, 0.3) is 0 Å². The third kappa shape index (κ3) is 3.65. The number of sulfonamides is 1. The minimum Gasteiger partial charge on any atom is -0.495 e. The summed E-state index contributed by atoms with van der Waals surface area (Å²) in [5.41, 5.74) is 1.54. The van der Waals surface area contributed by atoms with Gasteiger partial charge in [-0.25, -0.2) is 0 Å². The minimum absolute atomic E-state index is 0.118. The normalized spacial score (nSPS) is 19.4. The molecule has 0 spiro atoms. The van der Waals surface area contributed by atoms with Crippen molar-refractivity contribution < 1.29 is 18.3 Å². The highest BCUT2D eigenvalue weighted by Crippen LogP contribution is 2.36. The maximum Gasteiger partial charge on any atom is 0.284 e. The molecule has 2 aromatic rings. The van der Waals surface area contributed by atoms with Crippen LogP contribution in [0.2, 0.25) is 0 Å². The quantitative estimate of drug-likeness (QED) is 0.881. The number of ether oxygens (including phenoxy) is 1. The summed E-state index contributed by atoms with van der Waals surface area (Å²) < 4.78 is 34.5. The number of anilines is 1. The van der Waals surface area contributed by atoms with Crippen molar-refractivity contribution in [3.63, 3.8) is 0 Å². The van der Waals surface area contributed by atoms with E-state index in [0.29, 0.717) is 17.2 Å². The molecule has 0 amide bonds. The third-order valence-electron chi connectivity index (χ3n) is 3.73. The molecular weight excluding hydrogens is 360 g/mol. The Morgan fingerprint density at radius 2 is 1.88 bits per heavy atom. The molecule has 1 saturated heterocycles. The highest BCUT2D eigenvalue weighted by Gasteiger charge is 2.33. The summed E-state index contributed by atoms with van der Waals surface area (Å²) in [6.45, 7) is 1.88. The van der Waals surface area contributed by atoms with Crippen LogP contribution >= 0.6 is 11.8 Å². The van der Waals surface area contributed by atoms with Crippen LogP contribution in [0.15, 0.2) is 57.8 Å². The molecule has 1 heterocycles.